The number of para-hydroxylation sites is 1. The quantitative estimate of drug-likeness (QED) is 0.695. The Morgan fingerprint density at radius 2 is 2.14 bits per heavy atom. The van der Waals surface area contributed by atoms with Crippen molar-refractivity contribution in [1.29, 1.82) is 5.26 Å². The van der Waals surface area contributed by atoms with Crippen molar-refractivity contribution in [3.05, 3.63) is 30.3 Å². The lowest BCUT2D eigenvalue weighted by Crippen LogP contribution is -2.52. The minimum absolute atomic E-state index is 0.289. The Balaban J connectivity index is 2.09. The van der Waals surface area contributed by atoms with Crippen LogP contribution in [-0.4, -0.2) is 10.8 Å². The van der Waals surface area contributed by atoms with Crippen molar-refractivity contribution in [2.24, 2.45) is 5.92 Å². The fourth-order valence-electron chi connectivity index (χ4n) is 1.65. The third kappa shape index (κ3) is 1.45. The maximum absolute atomic E-state index is 9.99. The molecule has 3 heteroatoms. The normalized spacial score (nSPS) is 30.1. The van der Waals surface area contributed by atoms with Gasteiger partial charge in [0.25, 0.3) is 0 Å². The molecule has 1 aliphatic carbocycles. The highest BCUT2D eigenvalue weighted by Gasteiger charge is 2.45. The molecule has 0 bridgehead atoms. The topological polar surface area (TPSA) is 56.0 Å². The largest absolute Gasteiger partial charge is 0.370 e. The van der Waals surface area contributed by atoms with Gasteiger partial charge in [0.1, 0.15) is 0 Å². The maximum Gasteiger partial charge on any atom is 0.151 e. The Morgan fingerprint density at radius 1 is 1.43 bits per heavy atom. The van der Waals surface area contributed by atoms with E-state index in [1.807, 2.05) is 30.3 Å². The smallest absolute Gasteiger partial charge is 0.151 e. The van der Waals surface area contributed by atoms with E-state index >= 15 is 0 Å². The molecular weight excluding hydrogens is 176 g/mol. The predicted octanol–water partition coefficient (Wildman–Crippen LogP) is 1.72. The van der Waals surface area contributed by atoms with Crippen LogP contribution < -0.4 is 5.32 Å². The van der Waals surface area contributed by atoms with E-state index in [4.69, 9.17) is 5.26 Å². The molecule has 0 spiro atoms. The number of anilines is 1. The van der Waals surface area contributed by atoms with Crippen molar-refractivity contribution in [2.45, 2.75) is 18.6 Å². The van der Waals surface area contributed by atoms with Crippen molar-refractivity contribution in [1.82, 2.24) is 0 Å². The SMILES string of the molecule is N#CC1CCC1(O)Nc1ccccc1. The summed E-state index contributed by atoms with van der Waals surface area (Å²) in [4.78, 5) is 0. The second-order valence-corrected chi connectivity index (χ2v) is 3.64. The van der Waals surface area contributed by atoms with Gasteiger partial charge in [-0.3, -0.25) is 0 Å². The fourth-order valence-corrected chi connectivity index (χ4v) is 1.65. The van der Waals surface area contributed by atoms with Crippen LogP contribution in [0.2, 0.25) is 0 Å². The second-order valence-electron chi connectivity index (χ2n) is 3.64. The van der Waals surface area contributed by atoms with Crippen molar-refractivity contribution in [3.63, 3.8) is 0 Å². The lowest BCUT2D eigenvalue weighted by Gasteiger charge is -2.42. The number of benzene rings is 1. The van der Waals surface area contributed by atoms with E-state index in [0.717, 1.165) is 12.1 Å². The molecule has 2 rings (SSSR count). The van der Waals surface area contributed by atoms with Crippen LogP contribution in [0.1, 0.15) is 12.8 Å². The Bertz CT molecular complexity index is 357. The lowest BCUT2D eigenvalue weighted by atomic mass is 9.76. The van der Waals surface area contributed by atoms with Crippen LogP contribution in [0.25, 0.3) is 0 Å². The molecule has 14 heavy (non-hydrogen) atoms. The maximum atomic E-state index is 9.99. The van der Waals surface area contributed by atoms with Gasteiger partial charge in [-0.25, -0.2) is 0 Å². The van der Waals surface area contributed by atoms with Gasteiger partial charge in [0.05, 0.1) is 12.0 Å². The van der Waals surface area contributed by atoms with E-state index in [9.17, 15) is 5.11 Å². The van der Waals surface area contributed by atoms with Gasteiger partial charge in [0.2, 0.25) is 0 Å². The summed E-state index contributed by atoms with van der Waals surface area (Å²) in [6.45, 7) is 0. The van der Waals surface area contributed by atoms with Crippen LogP contribution in [0, 0.1) is 17.2 Å². The first-order chi connectivity index (χ1) is 6.74. The van der Waals surface area contributed by atoms with Gasteiger partial charge in [0.15, 0.2) is 5.72 Å². The summed E-state index contributed by atoms with van der Waals surface area (Å²) in [6, 6.07) is 11.6. The highest BCUT2D eigenvalue weighted by molar-refractivity contribution is 5.45. The number of nitrogens with one attached hydrogen (secondary N) is 1. The summed E-state index contributed by atoms with van der Waals surface area (Å²) in [5, 5.41) is 21.7. The second kappa shape index (κ2) is 3.32. The molecule has 2 unspecified atom stereocenters. The van der Waals surface area contributed by atoms with E-state index in [-0.39, 0.29) is 5.92 Å². The van der Waals surface area contributed by atoms with E-state index in [1.54, 1.807) is 0 Å². The van der Waals surface area contributed by atoms with Gasteiger partial charge in [-0.15, -0.1) is 0 Å². The molecular formula is C11H12N2O. The fraction of sp³-hybridized carbons (Fsp3) is 0.364. The van der Waals surface area contributed by atoms with Crippen LogP contribution >= 0.6 is 0 Å². The van der Waals surface area contributed by atoms with Crippen LogP contribution in [-0.2, 0) is 0 Å². The molecule has 1 saturated carbocycles. The summed E-state index contributed by atoms with van der Waals surface area (Å²) < 4.78 is 0. The first-order valence-corrected chi connectivity index (χ1v) is 4.70. The van der Waals surface area contributed by atoms with Crippen molar-refractivity contribution < 1.29 is 5.11 Å². The van der Waals surface area contributed by atoms with Gasteiger partial charge < -0.3 is 10.4 Å². The summed E-state index contributed by atoms with van der Waals surface area (Å²) >= 11 is 0. The molecule has 0 saturated heterocycles. The molecule has 1 aliphatic rings. The number of rotatable bonds is 2. The minimum Gasteiger partial charge on any atom is -0.370 e. The Labute approximate surface area is 83.0 Å². The molecule has 0 aromatic heterocycles. The van der Waals surface area contributed by atoms with Gasteiger partial charge in [-0.05, 0) is 25.0 Å². The Morgan fingerprint density at radius 3 is 2.64 bits per heavy atom. The van der Waals surface area contributed by atoms with Crippen molar-refractivity contribution in [2.75, 3.05) is 5.32 Å². The average molecular weight is 188 g/mol. The third-order valence-corrected chi connectivity index (χ3v) is 2.68. The first-order valence-electron chi connectivity index (χ1n) is 4.70. The van der Waals surface area contributed by atoms with Crippen LogP contribution in [0.15, 0.2) is 30.3 Å². The zero-order chi connectivity index (χ0) is 10.0. The van der Waals surface area contributed by atoms with Gasteiger partial charge in [0, 0.05) is 5.69 Å². The van der Waals surface area contributed by atoms with E-state index < -0.39 is 5.72 Å². The number of nitriles is 1. The zero-order valence-corrected chi connectivity index (χ0v) is 7.77. The summed E-state index contributed by atoms with van der Waals surface area (Å²) in [7, 11) is 0. The lowest BCUT2D eigenvalue weighted by molar-refractivity contribution is -0.0434. The molecule has 0 amide bonds. The Hall–Kier alpha value is -1.53. The van der Waals surface area contributed by atoms with E-state index in [0.29, 0.717) is 6.42 Å². The molecule has 72 valence electrons. The van der Waals surface area contributed by atoms with Gasteiger partial charge in [-0.2, -0.15) is 5.26 Å². The van der Waals surface area contributed by atoms with E-state index in [2.05, 4.69) is 11.4 Å². The highest BCUT2D eigenvalue weighted by Crippen LogP contribution is 2.38. The number of nitrogens with zero attached hydrogens (tertiary/aromatic N) is 1. The van der Waals surface area contributed by atoms with Crippen LogP contribution in [0.3, 0.4) is 0 Å². The van der Waals surface area contributed by atoms with E-state index in [1.165, 1.54) is 0 Å². The highest BCUT2D eigenvalue weighted by atomic mass is 16.3. The minimum atomic E-state index is -1.02. The predicted molar refractivity (Wildman–Crippen MR) is 53.4 cm³/mol. The molecule has 1 fully saturated rings. The van der Waals surface area contributed by atoms with Crippen LogP contribution in [0.5, 0.6) is 0 Å². The summed E-state index contributed by atoms with van der Waals surface area (Å²) in [5.74, 6) is -0.289. The molecule has 2 N–H and O–H groups in total. The summed E-state index contributed by atoms with van der Waals surface area (Å²) in [6.07, 6.45) is 1.41. The number of aliphatic hydroxyl groups is 1. The molecule has 0 aliphatic heterocycles. The molecule has 1 aromatic rings. The van der Waals surface area contributed by atoms with Gasteiger partial charge >= 0.3 is 0 Å². The number of hydrogen-bond acceptors (Lipinski definition) is 3. The molecule has 3 nitrogen and oxygen atoms in total. The van der Waals surface area contributed by atoms with Crippen molar-refractivity contribution in [3.8, 4) is 6.07 Å². The third-order valence-electron chi connectivity index (χ3n) is 2.68. The average Bonchev–Trinajstić information content (AvgIpc) is 2.18. The molecule has 0 radical (unpaired) electrons. The summed E-state index contributed by atoms with van der Waals surface area (Å²) in [5.41, 5.74) is -0.161. The molecule has 2 atom stereocenters. The molecule has 0 heterocycles. The zero-order valence-electron chi connectivity index (χ0n) is 7.77. The molecule has 1 aromatic carbocycles. The van der Waals surface area contributed by atoms with Crippen LogP contribution in [0.4, 0.5) is 5.69 Å². The number of hydrogen-bond donors (Lipinski definition) is 2. The monoisotopic (exact) mass is 188 g/mol. The Kier molecular flexibility index (Phi) is 2.14. The van der Waals surface area contributed by atoms with Crippen molar-refractivity contribution >= 4 is 5.69 Å². The first kappa shape index (κ1) is 9.04. The van der Waals surface area contributed by atoms with Gasteiger partial charge in [-0.1, -0.05) is 18.2 Å². The standard InChI is InChI=1S/C11H12N2O/c12-8-9-6-7-11(9,14)13-10-4-2-1-3-5-10/h1-5,9,13-14H,6-7H2.